The Morgan fingerprint density at radius 3 is 2.11 bits per heavy atom. The number of hydrogen-bond donors (Lipinski definition) is 4. The lowest BCUT2D eigenvalue weighted by molar-refractivity contribution is -0.618. The van der Waals surface area contributed by atoms with E-state index in [2.05, 4.69) is 9.97 Å². The minimum absolute atomic E-state index is 0.155. The first kappa shape index (κ1) is 22.6. The molecule has 2 spiro atoms. The summed E-state index contributed by atoms with van der Waals surface area (Å²) in [5.41, 5.74) is 15.0. The highest BCUT2D eigenvalue weighted by atomic mass is 16.2. The van der Waals surface area contributed by atoms with Crippen molar-refractivity contribution in [1.29, 1.82) is 0 Å². The van der Waals surface area contributed by atoms with Gasteiger partial charge in [-0.2, -0.15) is 0 Å². The van der Waals surface area contributed by atoms with Crippen LogP contribution in [-0.4, -0.2) is 86.4 Å². The third-order valence-electron chi connectivity index (χ3n) is 9.28. The van der Waals surface area contributed by atoms with E-state index < -0.39 is 17.0 Å². The van der Waals surface area contributed by atoms with Gasteiger partial charge in [0.15, 0.2) is 5.54 Å². The van der Waals surface area contributed by atoms with Gasteiger partial charge in [0.1, 0.15) is 0 Å². The van der Waals surface area contributed by atoms with Gasteiger partial charge in [0, 0.05) is 34.4 Å². The molecule has 0 saturated heterocycles. The number of aromatic amines is 2. The van der Waals surface area contributed by atoms with Crippen molar-refractivity contribution in [2.24, 2.45) is 11.5 Å². The predicted molar refractivity (Wildman–Crippen MR) is 144 cm³/mol. The van der Waals surface area contributed by atoms with Crippen molar-refractivity contribution in [3.63, 3.8) is 0 Å². The second kappa shape index (κ2) is 7.03. The summed E-state index contributed by atoms with van der Waals surface area (Å²) in [5, 5.41) is 1.92. The van der Waals surface area contributed by atoms with Gasteiger partial charge in [-0.3, -0.25) is 25.6 Å². The van der Waals surface area contributed by atoms with Crippen LogP contribution < -0.4 is 11.5 Å². The number of fused-ring (bicyclic) bond motifs is 5. The number of para-hydroxylation sites is 2. The Morgan fingerprint density at radius 2 is 1.47 bits per heavy atom. The van der Waals surface area contributed by atoms with Crippen molar-refractivity contribution >= 4 is 45.5 Å². The van der Waals surface area contributed by atoms with Crippen molar-refractivity contribution in [3.05, 3.63) is 71.5 Å². The van der Waals surface area contributed by atoms with E-state index in [1.807, 2.05) is 78.0 Å². The minimum atomic E-state index is -1.34. The number of carbonyl (C=O) groups is 2. The third kappa shape index (κ3) is 2.26. The first-order valence-corrected chi connectivity index (χ1v) is 12.6. The van der Waals surface area contributed by atoms with E-state index in [0.717, 1.165) is 38.6 Å². The van der Waals surface area contributed by atoms with Crippen molar-refractivity contribution in [2.75, 3.05) is 28.2 Å². The molecular weight excluding hydrogens is 480 g/mol. The van der Waals surface area contributed by atoms with Crippen LogP contribution in [0.3, 0.4) is 0 Å². The van der Waals surface area contributed by atoms with E-state index >= 15 is 0 Å². The lowest BCUT2D eigenvalue weighted by atomic mass is 9.58. The number of likely N-dealkylation sites (N-methyl/N-ethyl adjacent to an activating group) is 4. The Balaban J connectivity index is 1.71. The Labute approximate surface area is 218 Å². The summed E-state index contributed by atoms with van der Waals surface area (Å²) in [6.07, 6.45) is 2.29. The molecule has 3 aliphatic rings. The summed E-state index contributed by atoms with van der Waals surface area (Å²) in [6, 6.07) is 15.9. The fraction of sp³-hybridized carbons (Fsp3) is 0.286. The number of amides is 2. The maximum absolute atomic E-state index is 14.7. The fourth-order valence-corrected chi connectivity index (χ4v) is 7.36. The average molecular weight is 511 g/mol. The molecule has 4 aromatic rings. The molecule has 2 aromatic carbocycles. The lowest BCUT2D eigenvalue weighted by Crippen LogP contribution is -2.66. The molecule has 10 nitrogen and oxygen atoms in total. The summed E-state index contributed by atoms with van der Waals surface area (Å²) in [6.45, 7) is 0. The first-order valence-electron chi connectivity index (χ1n) is 12.6. The largest absolute Gasteiger partial charge is 0.361 e. The molecule has 0 fully saturated rings. The molecule has 10 heteroatoms. The van der Waals surface area contributed by atoms with Crippen LogP contribution in [-0.2, 0) is 21.5 Å². The van der Waals surface area contributed by atoms with Crippen LogP contribution in [0.2, 0.25) is 0 Å². The lowest BCUT2D eigenvalue weighted by Gasteiger charge is -2.46. The highest BCUT2D eigenvalue weighted by molar-refractivity contribution is 6.09. The summed E-state index contributed by atoms with van der Waals surface area (Å²) in [7, 11) is 7.07. The molecule has 3 atom stereocenters. The normalized spacial score (nSPS) is 27.3. The number of benzene rings is 2. The maximum atomic E-state index is 14.7. The second-order valence-electron chi connectivity index (χ2n) is 10.7. The smallest absolute Gasteiger partial charge is 0.354 e. The number of nitrogens with zero attached hydrogens (tertiary/aromatic N) is 4. The Bertz CT molecular complexity index is 1790. The highest BCUT2D eigenvalue weighted by Crippen LogP contribution is 2.58. The van der Waals surface area contributed by atoms with Gasteiger partial charge < -0.3 is 9.97 Å². The zero-order valence-electron chi connectivity index (χ0n) is 21.7. The number of guanidine groups is 2. The van der Waals surface area contributed by atoms with E-state index in [4.69, 9.17) is 11.5 Å². The topological polar surface area (TPSA) is 130 Å². The monoisotopic (exact) mass is 510 g/mol. The van der Waals surface area contributed by atoms with Crippen LogP contribution in [0.25, 0.3) is 21.8 Å². The maximum Gasteiger partial charge on any atom is 0.354 e. The molecule has 0 bridgehead atoms. The van der Waals surface area contributed by atoms with Gasteiger partial charge in [0.05, 0.1) is 39.8 Å². The number of hydrogen-bond acceptors (Lipinski definition) is 4. The first-order chi connectivity index (χ1) is 18.2. The molecule has 2 aliphatic heterocycles. The quantitative estimate of drug-likeness (QED) is 0.282. The molecular formula is C28H30N8O2+2. The van der Waals surface area contributed by atoms with E-state index in [9.17, 15) is 9.59 Å². The molecule has 4 heterocycles. The zero-order chi connectivity index (χ0) is 26.7. The molecule has 0 unspecified atom stereocenters. The Hall–Kier alpha value is -4.60. The van der Waals surface area contributed by atoms with Crippen LogP contribution in [0.5, 0.6) is 0 Å². The third-order valence-corrected chi connectivity index (χ3v) is 9.28. The summed E-state index contributed by atoms with van der Waals surface area (Å²) in [4.78, 5) is 39.2. The van der Waals surface area contributed by atoms with Crippen LogP contribution >= 0.6 is 0 Å². The summed E-state index contributed by atoms with van der Waals surface area (Å²) < 4.78 is 3.70. The molecule has 7 rings (SSSR count). The molecule has 0 radical (unpaired) electrons. The molecule has 38 heavy (non-hydrogen) atoms. The van der Waals surface area contributed by atoms with Crippen molar-refractivity contribution in [1.82, 2.24) is 19.8 Å². The van der Waals surface area contributed by atoms with Crippen LogP contribution in [0.1, 0.15) is 22.7 Å². The van der Waals surface area contributed by atoms with Crippen LogP contribution in [0.4, 0.5) is 0 Å². The molecule has 2 aromatic heterocycles. The van der Waals surface area contributed by atoms with Gasteiger partial charge in [0.25, 0.3) is 0 Å². The average Bonchev–Trinajstić information content (AvgIpc) is 3.61. The van der Waals surface area contributed by atoms with E-state index in [1.165, 1.54) is 9.80 Å². The number of nitrogens with two attached hydrogens (primary N) is 2. The minimum Gasteiger partial charge on any atom is -0.361 e. The highest BCUT2D eigenvalue weighted by Gasteiger charge is 2.76. The van der Waals surface area contributed by atoms with Crippen molar-refractivity contribution < 1.29 is 18.7 Å². The zero-order valence-corrected chi connectivity index (χ0v) is 21.7. The fourth-order valence-electron chi connectivity index (χ4n) is 7.36. The van der Waals surface area contributed by atoms with Gasteiger partial charge in [-0.05, 0) is 23.3 Å². The molecule has 1 aliphatic carbocycles. The predicted octanol–water partition coefficient (Wildman–Crippen LogP) is 0.781. The van der Waals surface area contributed by atoms with Crippen LogP contribution in [0.15, 0.2) is 54.7 Å². The van der Waals surface area contributed by atoms with Gasteiger partial charge in [-0.25, -0.2) is 14.4 Å². The summed E-state index contributed by atoms with van der Waals surface area (Å²) >= 11 is 0. The van der Waals surface area contributed by atoms with Crippen molar-refractivity contribution in [2.45, 2.75) is 23.4 Å². The SMILES string of the molecule is CN1C(=O)[C@@]2(c3[nH]c4ccccc4c3C[C@@]3(C(=O)N(C)C(N)=[N+]3C)[C@@H]2c2c[nH]c3ccccc23)[N+](C)=C1N. The van der Waals surface area contributed by atoms with E-state index in [-0.39, 0.29) is 11.8 Å². The standard InChI is InChI=1S/C28H28N8O2/c1-33-23(37)27(35(3)25(33)29)13-17-15-9-6-8-12-20(15)32-22(17)28(24(38)34(2)26(30)36(28)4)21(27)18-14-31-19-11-7-5-10-16(18)19/h5-12,14,21,29-32H,13H2,1-4H3/p+2/t21-,27-,28+/m0/s1. The Kier molecular flexibility index (Phi) is 4.18. The number of aromatic nitrogens is 2. The second-order valence-corrected chi connectivity index (χ2v) is 10.7. The molecule has 6 N–H and O–H groups in total. The number of H-pyrrole nitrogens is 2. The number of rotatable bonds is 1. The molecule has 0 saturated carbocycles. The number of nitrogens with one attached hydrogen (secondary N) is 2. The van der Waals surface area contributed by atoms with Gasteiger partial charge in [0.2, 0.25) is 5.54 Å². The molecule has 192 valence electrons. The van der Waals surface area contributed by atoms with E-state index in [0.29, 0.717) is 18.3 Å². The molecule has 2 amide bonds. The van der Waals surface area contributed by atoms with Crippen molar-refractivity contribution in [3.8, 4) is 0 Å². The Morgan fingerprint density at radius 1 is 0.868 bits per heavy atom. The van der Waals surface area contributed by atoms with Crippen LogP contribution in [0, 0.1) is 0 Å². The summed E-state index contributed by atoms with van der Waals surface area (Å²) in [5.74, 6) is -0.364. The van der Waals surface area contributed by atoms with E-state index in [1.54, 1.807) is 14.1 Å². The van der Waals surface area contributed by atoms with Gasteiger partial charge >= 0.3 is 23.7 Å². The van der Waals surface area contributed by atoms with Gasteiger partial charge in [-0.15, -0.1) is 0 Å². The van der Waals surface area contributed by atoms with Gasteiger partial charge in [-0.1, -0.05) is 36.4 Å². The number of carbonyl (C=O) groups excluding carboxylic acids is 2.